The fourth-order valence-corrected chi connectivity index (χ4v) is 4.35. The third-order valence-electron chi connectivity index (χ3n) is 6.16. The Bertz CT molecular complexity index is 1620. The summed E-state index contributed by atoms with van der Waals surface area (Å²) in [7, 11) is 0. The summed E-state index contributed by atoms with van der Waals surface area (Å²) < 4.78 is 25.0. The quantitative estimate of drug-likeness (QED) is 0.152. The molecule has 0 aliphatic carbocycles. The number of nitrogens with one attached hydrogen (secondary N) is 2. The molecule has 2 heterocycles. The van der Waals surface area contributed by atoms with Crippen molar-refractivity contribution in [3.05, 3.63) is 101 Å². The molecule has 2 aromatic heterocycles. The number of primary amides is 1. The molecule has 0 atom stereocenters. The smallest absolute Gasteiger partial charge is 0.217 e. The van der Waals surface area contributed by atoms with Crippen molar-refractivity contribution in [2.24, 2.45) is 5.73 Å². The van der Waals surface area contributed by atoms with E-state index in [-0.39, 0.29) is 18.3 Å². The van der Waals surface area contributed by atoms with E-state index in [0.717, 1.165) is 39.2 Å². The van der Waals surface area contributed by atoms with E-state index in [0.29, 0.717) is 42.5 Å². The molecule has 3 aromatic carbocycles. The number of nitrogens with zero attached hydrogens (tertiary/aromatic N) is 2. The molecule has 0 bridgehead atoms. The molecule has 0 unspecified atom stereocenters. The van der Waals surface area contributed by atoms with Crippen LogP contribution in [0.25, 0.3) is 22.2 Å². The molecule has 0 saturated carbocycles. The number of ether oxygens (including phenoxy) is 1. The predicted molar refractivity (Wildman–Crippen MR) is 153 cm³/mol. The van der Waals surface area contributed by atoms with Gasteiger partial charge in [0.15, 0.2) is 0 Å². The maximum absolute atomic E-state index is 13.1. The van der Waals surface area contributed by atoms with E-state index in [1.807, 2.05) is 36.4 Å². The second-order valence-electron chi connectivity index (χ2n) is 9.15. The Balaban J connectivity index is 1.27. The number of nitrogens with two attached hydrogens (primary N) is 1. The van der Waals surface area contributed by atoms with Crippen molar-refractivity contribution in [2.45, 2.75) is 26.0 Å². The van der Waals surface area contributed by atoms with Gasteiger partial charge >= 0.3 is 0 Å². The summed E-state index contributed by atoms with van der Waals surface area (Å²) in [6.45, 7) is 1.49. The summed E-state index contributed by atoms with van der Waals surface area (Å²) >= 11 is 6.48. The molecule has 5 aromatic rings. The highest BCUT2D eigenvalue weighted by Crippen LogP contribution is 2.32. The molecule has 0 fully saturated rings. The number of hydrogen-bond donors (Lipinski definition) is 3. The van der Waals surface area contributed by atoms with E-state index in [9.17, 15) is 9.18 Å². The SMILES string of the molecule is NC(=O)CCCNCc1ccc(-c2ccc3ncnc(Nc4ccc(OCc5ccc(F)cc5)c(Cl)c4)c3c2)o1. The Morgan fingerprint density at radius 2 is 1.88 bits per heavy atom. The molecule has 5 rings (SSSR count). The minimum absolute atomic E-state index is 0.270. The molecule has 0 saturated heterocycles. The fraction of sp³-hybridized carbons (Fsp3) is 0.167. The Morgan fingerprint density at radius 1 is 1.02 bits per heavy atom. The van der Waals surface area contributed by atoms with Crippen molar-refractivity contribution < 1.29 is 18.3 Å². The minimum atomic E-state index is -0.302. The van der Waals surface area contributed by atoms with Crippen LogP contribution in [-0.2, 0) is 17.9 Å². The molecule has 1 amide bonds. The van der Waals surface area contributed by atoms with Crippen LogP contribution >= 0.6 is 11.6 Å². The van der Waals surface area contributed by atoms with E-state index < -0.39 is 0 Å². The first-order valence-electron chi connectivity index (χ1n) is 12.7. The molecule has 8 nitrogen and oxygen atoms in total. The highest BCUT2D eigenvalue weighted by Gasteiger charge is 2.11. The summed E-state index contributed by atoms with van der Waals surface area (Å²) in [4.78, 5) is 19.7. The standard InChI is InChI=1S/C30H27ClFN5O3/c31-25-15-22(8-11-28(25)39-17-19-3-6-21(32)7-4-19)37-30-24-14-20(5-10-26(24)35-18-36-30)27-12-9-23(40-27)16-34-13-1-2-29(33)38/h3-12,14-15,18,34H,1-2,13,16-17H2,(H2,33,38)(H,35,36,37). The molecule has 0 aliphatic heterocycles. The van der Waals surface area contributed by atoms with Gasteiger partial charge in [0.25, 0.3) is 0 Å². The zero-order chi connectivity index (χ0) is 27.9. The Labute approximate surface area is 235 Å². The Hall–Kier alpha value is -4.47. The Morgan fingerprint density at radius 3 is 2.67 bits per heavy atom. The van der Waals surface area contributed by atoms with Gasteiger partial charge in [-0.15, -0.1) is 0 Å². The van der Waals surface area contributed by atoms with Crippen LogP contribution in [0.4, 0.5) is 15.9 Å². The number of rotatable bonds is 12. The molecular weight excluding hydrogens is 533 g/mol. The van der Waals surface area contributed by atoms with Gasteiger partial charge in [0.2, 0.25) is 5.91 Å². The van der Waals surface area contributed by atoms with E-state index in [1.165, 1.54) is 18.5 Å². The van der Waals surface area contributed by atoms with Crippen molar-refractivity contribution in [3.63, 3.8) is 0 Å². The summed E-state index contributed by atoms with van der Waals surface area (Å²) in [5, 5.41) is 7.81. The van der Waals surface area contributed by atoms with Gasteiger partial charge in [0.1, 0.15) is 41.8 Å². The molecule has 204 valence electrons. The van der Waals surface area contributed by atoms with Crippen molar-refractivity contribution >= 4 is 39.9 Å². The molecule has 10 heteroatoms. The molecule has 0 aliphatic rings. The van der Waals surface area contributed by atoms with Crippen LogP contribution in [0.1, 0.15) is 24.2 Å². The number of carbonyl (C=O) groups excluding carboxylic acids is 1. The lowest BCUT2D eigenvalue weighted by Crippen LogP contribution is -2.17. The lowest BCUT2D eigenvalue weighted by Gasteiger charge is -2.12. The van der Waals surface area contributed by atoms with Gasteiger partial charge in [-0.2, -0.15) is 0 Å². The number of hydrogen-bond acceptors (Lipinski definition) is 7. The van der Waals surface area contributed by atoms with Gasteiger partial charge in [0, 0.05) is 23.1 Å². The lowest BCUT2D eigenvalue weighted by molar-refractivity contribution is -0.118. The predicted octanol–water partition coefficient (Wildman–Crippen LogP) is 6.36. The largest absolute Gasteiger partial charge is 0.487 e. The van der Waals surface area contributed by atoms with Crippen LogP contribution in [0.2, 0.25) is 5.02 Å². The number of amides is 1. The maximum Gasteiger partial charge on any atom is 0.217 e. The summed E-state index contributed by atoms with van der Waals surface area (Å²) in [6.07, 6.45) is 2.54. The molecule has 0 radical (unpaired) electrons. The van der Waals surface area contributed by atoms with Crippen molar-refractivity contribution in [1.29, 1.82) is 0 Å². The first kappa shape index (κ1) is 27.1. The second kappa shape index (κ2) is 12.6. The number of benzene rings is 3. The Kier molecular flexibility index (Phi) is 8.53. The van der Waals surface area contributed by atoms with Crippen LogP contribution in [0.15, 0.2) is 83.5 Å². The van der Waals surface area contributed by atoms with Gasteiger partial charge in [-0.25, -0.2) is 14.4 Å². The monoisotopic (exact) mass is 559 g/mol. The third kappa shape index (κ3) is 6.93. The number of aromatic nitrogens is 2. The summed E-state index contributed by atoms with van der Waals surface area (Å²) in [6, 6.07) is 21.2. The lowest BCUT2D eigenvalue weighted by atomic mass is 10.1. The minimum Gasteiger partial charge on any atom is -0.487 e. The van der Waals surface area contributed by atoms with Crippen molar-refractivity contribution in [3.8, 4) is 17.1 Å². The van der Waals surface area contributed by atoms with Gasteiger partial charge in [-0.3, -0.25) is 4.79 Å². The van der Waals surface area contributed by atoms with Crippen LogP contribution in [0.5, 0.6) is 5.75 Å². The van der Waals surface area contributed by atoms with Crippen LogP contribution in [0.3, 0.4) is 0 Å². The molecule has 0 spiro atoms. The molecular formula is C30H27ClFN5O3. The van der Waals surface area contributed by atoms with Crippen molar-refractivity contribution in [1.82, 2.24) is 15.3 Å². The first-order chi connectivity index (χ1) is 19.4. The fourth-order valence-electron chi connectivity index (χ4n) is 4.11. The maximum atomic E-state index is 13.1. The second-order valence-corrected chi connectivity index (χ2v) is 9.56. The number of fused-ring (bicyclic) bond motifs is 1. The molecule has 4 N–H and O–H groups in total. The van der Waals surface area contributed by atoms with E-state index in [1.54, 1.807) is 24.3 Å². The topological polar surface area (TPSA) is 115 Å². The van der Waals surface area contributed by atoms with Gasteiger partial charge in [0.05, 0.1) is 17.1 Å². The highest BCUT2D eigenvalue weighted by molar-refractivity contribution is 6.32. The average Bonchev–Trinajstić information content (AvgIpc) is 3.42. The van der Waals surface area contributed by atoms with Gasteiger partial charge in [-0.1, -0.05) is 23.7 Å². The third-order valence-corrected chi connectivity index (χ3v) is 6.46. The van der Waals surface area contributed by atoms with Crippen LogP contribution in [0, 0.1) is 5.82 Å². The molecule has 40 heavy (non-hydrogen) atoms. The normalized spacial score (nSPS) is 11.1. The zero-order valence-electron chi connectivity index (χ0n) is 21.5. The average molecular weight is 560 g/mol. The first-order valence-corrected chi connectivity index (χ1v) is 13.1. The summed E-state index contributed by atoms with van der Waals surface area (Å²) in [5.74, 6) is 2.04. The van der Waals surface area contributed by atoms with Crippen LogP contribution in [-0.4, -0.2) is 22.4 Å². The number of anilines is 2. The zero-order valence-corrected chi connectivity index (χ0v) is 22.2. The van der Waals surface area contributed by atoms with Gasteiger partial charge < -0.3 is 25.5 Å². The number of furan rings is 1. The summed E-state index contributed by atoms with van der Waals surface area (Å²) in [5.41, 5.74) is 8.39. The number of halogens is 2. The highest BCUT2D eigenvalue weighted by atomic mass is 35.5. The van der Waals surface area contributed by atoms with Gasteiger partial charge in [-0.05, 0) is 79.2 Å². The van der Waals surface area contributed by atoms with E-state index >= 15 is 0 Å². The van der Waals surface area contributed by atoms with E-state index in [4.69, 9.17) is 26.5 Å². The van der Waals surface area contributed by atoms with Crippen molar-refractivity contribution in [2.75, 3.05) is 11.9 Å². The van der Waals surface area contributed by atoms with E-state index in [2.05, 4.69) is 20.6 Å². The van der Waals surface area contributed by atoms with Crippen LogP contribution < -0.4 is 21.1 Å². The number of carbonyl (C=O) groups is 1.